The normalized spacial score (nSPS) is 22.0. The second-order valence-electron chi connectivity index (χ2n) is 6.62. The van der Waals surface area contributed by atoms with Gasteiger partial charge in [0.15, 0.2) is 0 Å². The summed E-state index contributed by atoms with van der Waals surface area (Å²) in [6, 6.07) is 0. The number of β-amino-alcohol motifs (C(OH)–C–C–N with tert-alkyl or cyclic N) is 1. The fourth-order valence-electron chi connectivity index (χ4n) is 3.24. The Morgan fingerprint density at radius 3 is 2.42 bits per heavy atom. The SMILES string of the molecule is CN1CCN(c2c(NC[C@@H](O)CN3CCOCC3)c(=O)c2=O)CC1. The Balaban J connectivity index is 1.54. The summed E-state index contributed by atoms with van der Waals surface area (Å²) in [4.78, 5) is 30.1. The van der Waals surface area contributed by atoms with Crippen molar-refractivity contribution in [3.8, 4) is 0 Å². The van der Waals surface area contributed by atoms with E-state index >= 15 is 0 Å². The minimum absolute atomic E-state index is 0.267. The molecule has 1 atom stereocenters. The molecule has 0 radical (unpaired) electrons. The van der Waals surface area contributed by atoms with Crippen LogP contribution in [-0.4, -0.2) is 93.6 Å². The lowest BCUT2D eigenvalue weighted by atomic mass is 10.1. The number of nitrogens with one attached hydrogen (secondary N) is 1. The first-order valence-electron chi connectivity index (χ1n) is 8.55. The molecule has 2 N–H and O–H groups in total. The Kier molecular flexibility index (Phi) is 5.50. The first-order chi connectivity index (χ1) is 11.6. The molecule has 0 saturated carbocycles. The fraction of sp³-hybridized carbons (Fsp3) is 0.750. The van der Waals surface area contributed by atoms with Crippen LogP contribution >= 0.6 is 0 Å². The molecule has 24 heavy (non-hydrogen) atoms. The van der Waals surface area contributed by atoms with Crippen LogP contribution < -0.4 is 21.1 Å². The highest BCUT2D eigenvalue weighted by Gasteiger charge is 2.28. The zero-order chi connectivity index (χ0) is 17.1. The summed E-state index contributed by atoms with van der Waals surface area (Å²) in [7, 11) is 2.04. The molecule has 2 aliphatic rings. The second-order valence-corrected chi connectivity index (χ2v) is 6.62. The molecule has 0 spiro atoms. The Labute approximate surface area is 141 Å². The third-order valence-corrected chi connectivity index (χ3v) is 4.79. The molecule has 0 unspecified atom stereocenters. The van der Waals surface area contributed by atoms with Gasteiger partial charge in [0.1, 0.15) is 11.4 Å². The number of aliphatic hydroxyl groups is 1. The van der Waals surface area contributed by atoms with Crippen LogP contribution in [0, 0.1) is 0 Å². The average Bonchev–Trinajstić information content (AvgIpc) is 2.60. The summed E-state index contributed by atoms with van der Waals surface area (Å²) < 4.78 is 5.28. The summed E-state index contributed by atoms with van der Waals surface area (Å²) in [5.41, 5.74) is -0.0236. The molecular weight excluding hydrogens is 312 g/mol. The molecule has 8 nitrogen and oxygen atoms in total. The Bertz CT molecular complexity index is 614. The van der Waals surface area contributed by atoms with Gasteiger partial charge in [-0.1, -0.05) is 0 Å². The van der Waals surface area contributed by atoms with Crippen LogP contribution in [0.1, 0.15) is 0 Å². The van der Waals surface area contributed by atoms with Gasteiger partial charge in [-0.15, -0.1) is 0 Å². The van der Waals surface area contributed by atoms with Crippen molar-refractivity contribution in [3.63, 3.8) is 0 Å². The van der Waals surface area contributed by atoms with Crippen molar-refractivity contribution in [2.45, 2.75) is 6.10 Å². The zero-order valence-corrected chi connectivity index (χ0v) is 14.2. The number of anilines is 2. The summed E-state index contributed by atoms with van der Waals surface area (Å²) in [6.45, 7) is 7.03. The fourth-order valence-corrected chi connectivity index (χ4v) is 3.24. The van der Waals surface area contributed by atoms with Gasteiger partial charge in [0.25, 0.3) is 10.9 Å². The number of likely N-dealkylation sites (N-methyl/N-ethyl adjacent to an activating group) is 1. The van der Waals surface area contributed by atoms with Crippen LogP contribution in [-0.2, 0) is 4.74 Å². The van der Waals surface area contributed by atoms with Crippen molar-refractivity contribution in [1.82, 2.24) is 9.80 Å². The van der Waals surface area contributed by atoms with Crippen molar-refractivity contribution in [1.29, 1.82) is 0 Å². The number of hydrogen-bond acceptors (Lipinski definition) is 8. The van der Waals surface area contributed by atoms with Crippen molar-refractivity contribution < 1.29 is 9.84 Å². The molecule has 8 heteroatoms. The molecule has 1 aromatic rings. The van der Waals surface area contributed by atoms with E-state index in [1.807, 2.05) is 11.9 Å². The zero-order valence-electron chi connectivity index (χ0n) is 14.2. The van der Waals surface area contributed by atoms with Crippen molar-refractivity contribution in [2.75, 3.05) is 82.8 Å². The van der Waals surface area contributed by atoms with Crippen LogP contribution in [0.3, 0.4) is 0 Å². The molecule has 1 aromatic carbocycles. The highest BCUT2D eigenvalue weighted by atomic mass is 16.5. The maximum Gasteiger partial charge on any atom is 0.253 e. The molecule has 2 saturated heterocycles. The molecule has 2 heterocycles. The van der Waals surface area contributed by atoms with E-state index in [-0.39, 0.29) is 6.54 Å². The van der Waals surface area contributed by atoms with E-state index < -0.39 is 17.0 Å². The first-order valence-corrected chi connectivity index (χ1v) is 8.55. The lowest BCUT2D eigenvalue weighted by Gasteiger charge is -2.35. The topological polar surface area (TPSA) is 85.3 Å². The van der Waals surface area contributed by atoms with Gasteiger partial charge in [-0.2, -0.15) is 0 Å². The Morgan fingerprint density at radius 1 is 1.08 bits per heavy atom. The molecule has 0 bridgehead atoms. The van der Waals surface area contributed by atoms with E-state index in [1.165, 1.54) is 0 Å². The molecule has 3 rings (SSSR count). The van der Waals surface area contributed by atoms with Crippen LogP contribution in [0.2, 0.25) is 0 Å². The predicted octanol–water partition coefficient (Wildman–Crippen LogP) is -1.86. The lowest BCUT2D eigenvalue weighted by Crippen LogP contribution is -2.51. The second kappa shape index (κ2) is 7.60. The maximum absolute atomic E-state index is 11.9. The highest BCUT2D eigenvalue weighted by molar-refractivity contribution is 5.75. The summed E-state index contributed by atoms with van der Waals surface area (Å²) in [5, 5.41) is 13.2. The number of rotatable bonds is 6. The van der Waals surface area contributed by atoms with E-state index in [1.54, 1.807) is 0 Å². The number of aliphatic hydroxyl groups excluding tert-OH is 1. The Morgan fingerprint density at radius 2 is 1.75 bits per heavy atom. The van der Waals surface area contributed by atoms with Gasteiger partial charge in [-0.3, -0.25) is 14.5 Å². The summed E-state index contributed by atoms with van der Waals surface area (Å²) >= 11 is 0. The van der Waals surface area contributed by atoms with E-state index in [0.29, 0.717) is 31.1 Å². The Hall–Kier alpha value is -1.48. The number of ether oxygens (including phenoxy) is 1. The summed E-state index contributed by atoms with van der Waals surface area (Å²) in [6.07, 6.45) is -0.590. The molecule has 2 fully saturated rings. The highest BCUT2D eigenvalue weighted by Crippen LogP contribution is 2.21. The third-order valence-electron chi connectivity index (χ3n) is 4.79. The minimum Gasteiger partial charge on any atom is -0.390 e. The van der Waals surface area contributed by atoms with E-state index in [2.05, 4.69) is 15.1 Å². The molecule has 134 valence electrons. The molecule has 0 aliphatic carbocycles. The maximum atomic E-state index is 11.9. The number of morpholine rings is 1. The van der Waals surface area contributed by atoms with Crippen molar-refractivity contribution in [2.24, 2.45) is 0 Å². The lowest BCUT2D eigenvalue weighted by molar-refractivity contribution is 0.0171. The number of piperazine rings is 1. The molecular formula is C16H26N4O4. The van der Waals surface area contributed by atoms with Crippen LogP contribution in [0.4, 0.5) is 11.4 Å². The van der Waals surface area contributed by atoms with Crippen LogP contribution in [0.25, 0.3) is 0 Å². The van der Waals surface area contributed by atoms with Crippen molar-refractivity contribution in [3.05, 3.63) is 20.4 Å². The third kappa shape index (κ3) is 3.77. The van der Waals surface area contributed by atoms with Crippen LogP contribution in [0.15, 0.2) is 9.59 Å². The van der Waals surface area contributed by atoms with E-state index in [9.17, 15) is 14.7 Å². The quantitative estimate of drug-likeness (QED) is 0.584. The van der Waals surface area contributed by atoms with Gasteiger partial charge in [0.05, 0.1) is 19.3 Å². The standard InChI is InChI=1S/C16H26N4O4/c1-18-2-4-20(5-3-18)14-13(15(22)16(14)23)17-10-12(21)11-19-6-8-24-9-7-19/h12,17,21H,2-11H2,1H3/t12-/m1/s1. The van der Waals surface area contributed by atoms with Gasteiger partial charge in [-0.25, -0.2) is 0 Å². The van der Waals surface area contributed by atoms with Gasteiger partial charge in [0.2, 0.25) is 0 Å². The monoisotopic (exact) mass is 338 g/mol. The molecule has 0 amide bonds. The van der Waals surface area contributed by atoms with Crippen LogP contribution in [0.5, 0.6) is 0 Å². The smallest absolute Gasteiger partial charge is 0.253 e. The number of nitrogens with zero attached hydrogens (tertiary/aromatic N) is 3. The number of hydrogen-bond donors (Lipinski definition) is 2. The van der Waals surface area contributed by atoms with E-state index in [0.717, 1.165) is 39.3 Å². The van der Waals surface area contributed by atoms with Gasteiger partial charge >= 0.3 is 0 Å². The summed E-state index contributed by atoms with van der Waals surface area (Å²) in [5.74, 6) is 0. The van der Waals surface area contributed by atoms with Gasteiger partial charge in [-0.05, 0) is 7.05 Å². The molecule has 2 aliphatic heterocycles. The molecule has 0 aromatic heterocycles. The average molecular weight is 338 g/mol. The van der Waals surface area contributed by atoms with E-state index in [4.69, 9.17) is 4.74 Å². The predicted molar refractivity (Wildman–Crippen MR) is 92.8 cm³/mol. The minimum atomic E-state index is -0.590. The van der Waals surface area contributed by atoms with Gasteiger partial charge < -0.3 is 25.0 Å². The largest absolute Gasteiger partial charge is 0.390 e. The van der Waals surface area contributed by atoms with Gasteiger partial charge in [0, 0.05) is 52.4 Å². The first kappa shape index (κ1) is 17.3. The van der Waals surface area contributed by atoms with Crippen molar-refractivity contribution >= 4 is 11.4 Å².